The first-order chi connectivity index (χ1) is 18.1. The maximum Gasteiger partial charge on any atom is 0.245 e. The molecule has 0 radical (unpaired) electrons. The van der Waals surface area contributed by atoms with Crippen LogP contribution in [0, 0.1) is 17.8 Å². The van der Waals surface area contributed by atoms with Gasteiger partial charge in [0.15, 0.2) is 0 Å². The smallest absolute Gasteiger partial charge is 0.245 e. The lowest BCUT2D eigenvalue weighted by Gasteiger charge is -2.29. The molecule has 6 nitrogen and oxygen atoms in total. The summed E-state index contributed by atoms with van der Waals surface area (Å²) in [5.41, 5.74) is 8.49. The molecule has 1 saturated heterocycles. The van der Waals surface area contributed by atoms with Gasteiger partial charge < -0.3 is 16.0 Å². The van der Waals surface area contributed by atoms with Crippen LogP contribution in [0.2, 0.25) is 10.0 Å². The van der Waals surface area contributed by atoms with E-state index in [4.69, 9.17) is 28.9 Å². The van der Waals surface area contributed by atoms with Crippen LogP contribution in [0.4, 0.5) is 0 Å². The molecule has 1 heterocycles. The molecule has 206 valence electrons. The number of carbonyl (C=O) groups is 3. The Morgan fingerprint density at radius 3 is 2.53 bits per heavy atom. The molecular formula is C30H39Cl2N3O3. The van der Waals surface area contributed by atoms with Gasteiger partial charge >= 0.3 is 0 Å². The molecule has 1 aliphatic rings. The molecule has 3 amide bonds. The van der Waals surface area contributed by atoms with Crippen molar-refractivity contribution >= 4 is 40.9 Å². The topological polar surface area (TPSA) is 92.5 Å². The molecule has 0 saturated carbocycles. The Morgan fingerprint density at radius 2 is 1.87 bits per heavy atom. The summed E-state index contributed by atoms with van der Waals surface area (Å²) in [6.07, 6.45) is 4.12. The van der Waals surface area contributed by atoms with Crippen LogP contribution in [0.5, 0.6) is 0 Å². The van der Waals surface area contributed by atoms with E-state index in [9.17, 15) is 14.4 Å². The summed E-state index contributed by atoms with van der Waals surface area (Å²) in [6, 6.07) is 12.7. The molecule has 0 unspecified atom stereocenters. The predicted octanol–water partition coefficient (Wildman–Crippen LogP) is 6.22. The van der Waals surface area contributed by atoms with Crippen molar-refractivity contribution in [1.82, 2.24) is 10.2 Å². The van der Waals surface area contributed by atoms with E-state index in [-0.39, 0.29) is 17.7 Å². The standard InChI is InChI=1S/C30H39Cl2N3O3/c1-4-8-24(28(33)36)25(15-19(2)3)29(37)34-27-11-5-6-14-35(30(27)38)18-20-9-7-10-21(16-20)23-13-12-22(31)17-26(23)32/h7,9-10,12-13,16-17,19,24-25,27H,4-6,8,11,14-15,18H2,1-3H3,(H2,33,36)(H,34,37)/t24-,25-,27-/m0/s1. The number of nitrogens with zero attached hydrogens (tertiary/aromatic N) is 1. The fourth-order valence-corrected chi connectivity index (χ4v) is 5.79. The van der Waals surface area contributed by atoms with Crippen molar-refractivity contribution in [2.24, 2.45) is 23.5 Å². The van der Waals surface area contributed by atoms with Gasteiger partial charge in [-0.15, -0.1) is 0 Å². The number of benzene rings is 2. The summed E-state index contributed by atoms with van der Waals surface area (Å²) in [4.78, 5) is 41.0. The number of rotatable bonds is 11. The molecule has 0 bridgehead atoms. The highest BCUT2D eigenvalue weighted by Crippen LogP contribution is 2.31. The van der Waals surface area contributed by atoms with Crippen molar-refractivity contribution in [2.75, 3.05) is 6.54 Å². The fourth-order valence-electron chi connectivity index (χ4n) is 5.27. The summed E-state index contributed by atoms with van der Waals surface area (Å²) in [7, 11) is 0. The highest BCUT2D eigenvalue weighted by Gasteiger charge is 2.35. The van der Waals surface area contributed by atoms with E-state index in [2.05, 4.69) is 5.32 Å². The summed E-state index contributed by atoms with van der Waals surface area (Å²) in [5.74, 6) is -1.68. The Balaban J connectivity index is 1.77. The quantitative estimate of drug-likeness (QED) is 0.342. The molecule has 0 aromatic heterocycles. The first-order valence-electron chi connectivity index (χ1n) is 13.5. The molecule has 2 aromatic rings. The maximum atomic E-state index is 13.6. The molecule has 3 N–H and O–H groups in total. The molecule has 0 aliphatic carbocycles. The summed E-state index contributed by atoms with van der Waals surface area (Å²) < 4.78 is 0. The van der Waals surface area contributed by atoms with E-state index in [1.807, 2.05) is 56.0 Å². The van der Waals surface area contributed by atoms with Crippen LogP contribution >= 0.6 is 23.2 Å². The number of halogens is 2. The molecule has 8 heteroatoms. The van der Waals surface area contributed by atoms with Gasteiger partial charge in [-0.3, -0.25) is 14.4 Å². The number of likely N-dealkylation sites (tertiary alicyclic amines) is 1. The van der Waals surface area contributed by atoms with E-state index in [0.29, 0.717) is 42.4 Å². The van der Waals surface area contributed by atoms with Gasteiger partial charge in [-0.25, -0.2) is 0 Å². The van der Waals surface area contributed by atoms with Gasteiger partial charge in [0.05, 0.1) is 0 Å². The van der Waals surface area contributed by atoms with Crippen LogP contribution in [0.15, 0.2) is 42.5 Å². The van der Waals surface area contributed by atoms with Gasteiger partial charge in [-0.05, 0) is 67.3 Å². The maximum absolute atomic E-state index is 13.6. The molecule has 1 fully saturated rings. The number of amides is 3. The number of primary amides is 1. The SMILES string of the molecule is CCC[C@H](C(N)=O)[C@H](CC(C)C)C(=O)N[C@H]1CCCCN(Cc2cccc(-c3ccc(Cl)cc3Cl)c2)C1=O. The normalized spacial score (nSPS) is 17.7. The second-order valence-electron chi connectivity index (χ2n) is 10.7. The van der Waals surface area contributed by atoms with E-state index >= 15 is 0 Å². The van der Waals surface area contributed by atoms with Gasteiger partial charge in [0.2, 0.25) is 17.7 Å². The van der Waals surface area contributed by atoms with Crippen LogP contribution in [-0.4, -0.2) is 35.2 Å². The molecule has 3 rings (SSSR count). The molecular weight excluding hydrogens is 521 g/mol. The zero-order valence-electron chi connectivity index (χ0n) is 22.5. The lowest BCUT2D eigenvalue weighted by atomic mass is 9.81. The van der Waals surface area contributed by atoms with E-state index in [0.717, 1.165) is 36.0 Å². The van der Waals surface area contributed by atoms with Crippen LogP contribution in [-0.2, 0) is 20.9 Å². The van der Waals surface area contributed by atoms with Crippen molar-refractivity contribution in [2.45, 2.75) is 71.9 Å². The van der Waals surface area contributed by atoms with E-state index < -0.39 is 23.8 Å². The number of nitrogens with two attached hydrogens (primary N) is 1. The first kappa shape index (κ1) is 30.0. The fraction of sp³-hybridized carbons (Fsp3) is 0.500. The Morgan fingerprint density at radius 1 is 1.11 bits per heavy atom. The third-order valence-corrected chi connectivity index (χ3v) is 7.70. The van der Waals surface area contributed by atoms with Crippen molar-refractivity contribution in [1.29, 1.82) is 0 Å². The average Bonchev–Trinajstić information content (AvgIpc) is 3.02. The molecule has 38 heavy (non-hydrogen) atoms. The van der Waals surface area contributed by atoms with Gasteiger partial charge in [0.25, 0.3) is 0 Å². The van der Waals surface area contributed by atoms with Crippen molar-refractivity contribution in [3.05, 3.63) is 58.1 Å². The minimum absolute atomic E-state index is 0.0970. The van der Waals surface area contributed by atoms with Crippen LogP contribution in [0.25, 0.3) is 11.1 Å². The summed E-state index contributed by atoms with van der Waals surface area (Å²) in [6.45, 7) is 7.07. The van der Waals surface area contributed by atoms with Gasteiger partial charge in [0.1, 0.15) is 6.04 Å². The minimum Gasteiger partial charge on any atom is -0.369 e. The summed E-state index contributed by atoms with van der Waals surface area (Å²) >= 11 is 12.5. The second kappa shape index (κ2) is 14.0. The predicted molar refractivity (Wildman–Crippen MR) is 154 cm³/mol. The second-order valence-corrected chi connectivity index (χ2v) is 11.5. The number of hydrogen-bond acceptors (Lipinski definition) is 3. The Hall–Kier alpha value is -2.57. The molecule has 2 aromatic carbocycles. The zero-order valence-corrected chi connectivity index (χ0v) is 24.0. The third kappa shape index (κ3) is 7.97. The summed E-state index contributed by atoms with van der Waals surface area (Å²) in [5, 5.41) is 4.15. The third-order valence-electron chi connectivity index (χ3n) is 7.15. The lowest BCUT2D eigenvalue weighted by molar-refractivity contribution is -0.139. The first-order valence-corrected chi connectivity index (χ1v) is 14.3. The van der Waals surface area contributed by atoms with Crippen molar-refractivity contribution in [3.8, 4) is 11.1 Å². The number of carbonyl (C=O) groups excluding carboxylic acids is 3. The molecule has 0 spiro atoms. The zero-order chi connectivity index (χ0) is 27.8. The number of nitrogens with one attached hydrogen (secondary N) is 1. The van der Waals surface area contributed by atoms with Gasteiger partial charge in [0, 0.05) is 40.5 Å². The highest BCUT2D eigenvalue weighted by atomic mass is 35.5. The minimum atomic E-state index is -0.622. The van der Waals surface area contributed by atoms with E-state index in [1.54, 1.807) is 12.1 Å². The molecule has 3 atom stereocenters. The lowest BCUT2D eigenvalue weighted by Crippen LogP contribution is -2.50. The van der Waals surface area contributed by atoms with E-state index in [1.165, 1.54) is 0 Å². The Labute approximate surface area is 236 Å². The van der Waals surface area contributed by atoms with Crippen LogP contribution < -0.4 is 11.1 Å². The monoisotopic (exact) mass is 559 g/mol. The average molecular weight is 561 g/mol. The van der Waals surface area contributed by atoms with Gasteiger partial charge in [-0.1, -0.05) is 74.7 Å². The Kier molecular flexibility index (Phi) is 11.0. The molecule has 1 aliphatic heterocycles. The van der Waals surface area contributed by atoms with Gasteiger partial charge in [-0.2, -0.15) is 0 Å². The van der Waals surface area contributed by atoms with Crippen LogP contribution in [0.3, 0.4) is 0 Å². The Bertz CT molecular complexity index is 1140. The van der Waals surface area contributed by atoms with Crippen molar-refractivity contribution in [3.63, 3.8) is 0 Å². The van der Waals surface area contributed by atoms with Crippen molar-refractivity contribution < 1.29 is 14.4 Å². The highest BCUT2D eigenvalue weighted by molar-refractivity contribution is 6.36. The largest absolute Gasteiger partial charge is 0.369 e. The van der Waals surface area contributed by atoms with Crippen LogP contribution in [0.1, 0.15) is 64.9 Å². The number of hydrogen-bond donors (Lipinski definition) is 2.